The molecule has 0 aliphatic heterocycles. The smallest absolute Gasteiger partial charge is 0.350 e. The van der Waals surface area contributed by atoms with E-state index in [0.29, 0.717) is 11.3 Å². The van der Waals surface area contributed by atoms with Gasteiger partial charge >= 0.3 is 5.51 Å². The SMILES string of the molecule is O=C(CSC(F)(F)F)NCc1cn2cc(Br)ccc2n1. The molecule has 9 heteroatoms. The maximum absolute atomic E-state index is 11.9. The molecule has 0 aromatic carbocycles. The molecule has 0 spiro atoms. The van der Waals surface area contributed by atoms with Crippen LogP contribution >= 0.6 is 27.7 Å². The lowest BCUT2D eigenvalue weighted by molar-refractivity contribution is -0.119. The van der Waals surface area contributed by atoms with Crippen LogP contribution in [0.25, 0.3) is 5.65 Å². The molecule has 108 valence electrons. The lowest BCUT2D eigenvalue weighted by atomic mass is 10.4. The molecular formula is C11H9BrF3N3OS. The molecule has 2 aromatic rings. The third kappa shape index (κ3) is 4.41. The van der Waals surface area contributed by atoms with Gasteiger partial charge in [-0.15, -0.1) is 0 Å². The molecule has 1 N–H and O–H groups in total. The van der Waals surface area contributed by atoms with Gasteiger partial charge in [0.15, 0.2) is 0 Å². The van der Waals surface area contributed by atoms with E-state index >= 15 is 0 Å². The predicted octanol–water partition coefficient (Wildman–Crippen LogP) is 2.97. The molecular weight excluding hydrogens is 359 g/mol. The number of carbonyl (C=O) groups excluding carboxylic acids is 1. The Kier molecular flexibility index (Phi) is 4.59. The van der Waals surface area contributed by atoms with E-state index in [1.165, 1.54) is 0 Å². The summed E-state index contributed by atoms with van der Waals surface area (Å²) in [5, 5.41) is 2.40. The number of nitrogens with zero attached hydrogens (tertiary/aromatic N) is 2. The molecule has 0 unspecified atom stereocenters. The van der Waals surface area contributed by atoms with Crippen molar-refractivity contribution in [1.29, 1.82) is 0 Å². The highest BCUT2D eigenvalue weighted by atomic mass is 79.9. The summed E-state index contributed by atoms with van der Waals surface area (Å²) in [6.45, 7) is 0.0938. The Bertz CT molecular complexity index is 629. The van der Waals surface area contributed by atoms with Gasteiger partial charge in [-0.3, -0.25) is 4.79 Å². The van der Waals surface area contributed by atoms with Gasteiger partial charge in [-0.2, -0.15) is 13.2 Å². The summed E-state index contributed by atoms with van der Waals surface area (Å²) in [5.74, 6) is -1.33. The third-order valence-corrected chi connectivity index (χ3v) is 3.50. The number of pyridine rings is 1. The normalized spacial score (nSPS) is 11.8. The van der Waals surface area contributed by atoms with Crippen molar-refractivity contribution in [1.82, 2.24) is 14.7 Å². The van der Waals surface area contributed by atoms with Crippen LogP contribution in [0.2, 0.25) is 0 Å². The van der Waals surface area contributed by atoms with Crippen molar-refractivity contribution in [2.24, 2.45) is 0 Å². The van der Waals surface area contributed by atoms with Crippen molar-refractivity contribution in [2.45, 2.75) is 12.1 Å². The average molecular weight is 368 g/mol. The van der Waals surface area contributed by atoms with Gasteiger partial charge in [0.2, 0.25) is 5.91 Å². The number of carbonyl (C=O) groups is 1. The van der Waals surface area contributed by atoms with Crippen LogP contribution in [0.15, 0.2) is 29.0 Å². The van der Waals surface area contributed by atoms with E-state index in [9.17, 15) is 18.0 Å². The van der Waals surface area contributed by atoms with Crippen molar-refractivity contribution in [2.75, 3.05) is 5.75 Å². The molecule has 0 saturated carbocycles. The Morgan fingerprint density at radius 3 is 2.85 bits per heavy atom. The van der Waals surface area contributed by atoms with Gasteiger partial charge in [0.1, 0.15) is 5.65 Å². The van der Waals surface area contributed by atoms with Gasteiger partial charge in [-0.05, 0) is 39.8 Å². The zero-order valence-electron chi connectivity index (χ0n) is 9.95. The van der Waals surface area contributed by atoms with E-state index in [2.05, 4.69) is 26.2 Å². The van der Waals surface area contributed by atoms with Crippen LogP contribution in [0.1, 0.15) is 5.69 Å². The van der Waals surface area contributed by atoms with Crippen molar-refractivity contribution in [3.05, 3.63) is 34.7 Å². The molecule has 0 bridgehead atoms. The zero-order valence-corrected chi connectivity index (χ0v) is 12.3. The molecule has 0 aliphatic rings. The molecule has 2 rings (SSSR count). The quantitative estimate of drug-likeness (QED) is 0.903. The minimum Gasteiger partial charge on any atom is -0.350 e. The number of amides is 1. The van der Waals surface area contributed by atoms with Crippen molar-refractivity contribution in [3.8, 4) is 0 Å². The van der Waals surface area contributed by atoms with E-state index in [0.717, 1.165) is 4.47 Å². The maximum Gasteiger partial charge on any atom is 0.442 e. The third-order valence-electron chi connectivity index (χ3n) is 2.30. The van der Waals surface area contributed by atoms with Crippen LogP contribution in [-0.2, 0) is 11.3 Å². The Balaban J connectivity index is 1.91. The maximum atomic E-state index is 11.9. The Morgan fingerprint density at radius 2 is 2.15 bits per heavy atom. The van der Waals surface area contributed by atoms with Crippen LogP contribution in [0, 0.1) is 0 Å². The lowest BCUT2D eigenvalue weighted by Crippen LogP contribution is -2.26. The molecule has 2 heterocycles. The molecule has 0 fully saturated rings. The number of aromatic nitrogens is 2. The second-order valence-corrected chi connectivity index (χ2v) is 5.81. The number of thioether (sulfide) groups is 1. The summed E-state index contributed by atoms with van der Waals surface area (Å²) in [6, 6.07) is 3.61. The van der Waals surface area contributed by atoms with Gasteiger partial charge < -0.3 is 9.72 Å². The lowest BCUT2D eigenvalue weighted by Gasteiger charge is -2.05. The number of hydrogen-bond donors (Lipinski definition) is 1. The van der Waals surface area contributed by atoms with Gasteiger partial charge in [0.05, 0.1) is 18.0 Å². The van der Waals surface area contributed by atoms with Crippen LogP contribution in [-0.4, -0.2) is 26.6 Å². The van der Waals surface area contributed by atoms with Gasteiger partial charge in [0, 0.05) is 16.9 Å². The number of nitrogens with one attached hydrogen (secondary N) is 1. The van der Waals surface area contributed by atoms with Gasteiger partial charge in [0.25, 0.3) is 0 Å². The fraction of sp³-hybridized carbons (Fsp3) is 0.273. The van der Waals surface area contributed by atoms with E-state index < -0.39 is 17.2 Å². The fourth-order valence-corrected chi connectivity index (χ4v) is 2.24. The molecule has 20 heavy (non-hydrogen) atoms. The molecule has 0 aliphatic carbocycles. The first-order valence-electron chi connectivity index (χ1n) is 5.44. The summed E-state index contributed by atoms with van der Waals surface area (Å²) in [5.41, 5.74) is -3.12. The summed E-state index contributed by atoms with van der Waals surface area (Å²) in [6.07, 6.45) is 3.50. The second kappa shape index (κ2) is 6.04. The first-order valence-corrected chi connectivity index (χ1v) is 7.22. The number of alkyl halides is 3. The summed E-state index contributed by atoms with van der Waals surface area (Å²) < 4.78 is 38.4. The summed E-state index contributed by atoms with van der Waals surface area (Å²) in [4.78, 5) is 15.5. The summed E-state index contributed by atoms with van der Waals surface area (Å²) >= 11 is 2.96. The van der Waals surface area contributed by atoms with Crippen LogP contribution in [0.3, 0.4) is 0 Å². The monoisotopic (exact) mass is 367 g/mol. The van der Waals surface area contributed by atoms with E-state index in [1.54, 1.807) is 22.9 Å². The molecule has 0 saturated heterocycles. The van der Waals surface area contributed by atoms with E-state index in [4.69, 9.17) is 0 Å². The van der Waals surface area contributed by atoms with Crippen molar-refractivity contribution in [3.63, 3.8) is 0 Å². The first-order chi connectivity index (χ1) is 9.33. The minimum absolute atomic E-state index is 0.0938. The van der Waals surface area contributed by atoms with Crippen LogP contribution in [0.5, 0.6) is 0 Å². The zero-order chi connectivity index (χ0) is 14.8. The topological polar surface area (TPSA) is 46.4 Å². The summed E-state index contributed by atoms with van der Waals surface area (Å²) in [7, 11) is 0. The largest absolute Gasteiger partial charge is 0.442 e. The van der Waals surface area contributed by atoms with Crippen molar-refractivity contribution < 1.29 is 18.0 Å². The Morgan fingerprint density at radius 1 is 1.40 bits per heavy atom. The van der Waals surface area contributed by atoms with Crippen LogP contribution < -0.4 is 5.32 Å². The minimum atomic E-state index is -4.40. The number of fused-ring (bicyclic) bond motifs is 1. The van der Waals surface area contributed by atoms with Gasteiger partial charge in [-0.25, -0.2) is 4.98 Å². The molecule has 2 aromatic heterocycles. The predicted molar refractivity (Wildman–Crippen MR) is 73.3 cm³/mol. The highest BCUT2D eigenvalue weighted by Crippen LogP contribution is 2.29. The van der Waals surface area contributed by atoms with E-state index in [-0.39, 0.29) is 18.3 Å². The highest BCUT2D eigenvalue weighted by molar-refractivity contribution is 9.10. The van der Waals surface area contributed by atoms with Crippen molar-refractivity contribution >= 4 is 39.2 Å². The standard InChI is InChI=1S/C11H9BrF3N3OS/c12-7-1-2-9-17-8(5-18(9)4-7)3-16-10(19)6-20-11(13,14)15/h1-2,4-5H,3,6H2,(H,16,19). The number of rotatable bonds is 4. The van der Waals surface area contributed by atoms with Crippen LogP contribution in [0.4, 0.5) is 13.2 Å². The molecule has 0 atom stereocenters. The Labute approximate surface area is 124 Å². The first kappa shape index (κ1) is 15.2. The molecule has 4 nitrogen and oxygen atoms in total. The molecule has 0 radical (unpaired) electrons. The fourth-order valence-electron chi connectivity index (χ4n) is 1.49. The highest BCUT2D eigenvalue weighted by Gasteiger charge is 2.29. The Hall–Kier alpha value is -1.22. The van der Waals surface area contributed by atoms with Gasteiger partial charge in [-0.1, -0.05) is 0 Å². The number of hydrogen-bond acceptors (Lipinski definition) is 3. The number of imidazole rings is 1. The van der Waals surface area contributed by atoms with E-state index in [1.807, 2.05) is 6.07 Å². The second-order valence-electron chi connectivity index (χ2n) is 3.86. The molecule has 1 amide bonds. The number of halogens is 4. The average Bonchev–Trinajstić information content (AvgIpc) is 2.75.